The number of rotatable bonds is 4. The molecule has 122 valence electrons. The second-order valence-corrected chi connectivity index (χ2v) is 6.90. The van der Waals surface area contributed by atoms with Gasteiger partial charge in [-0.25, -0.2) is 4.79 Å². The number of carbonyl (C=O) groups excluding carboxylic acids is 2. The maximum atomic E-state index is 12.3. The molecule has 0 fully saturated rings. The Morgan fingerprint density at radius 2 is 1.91 bits per heavy atom. The zero-order chi connectivity index (χ0) is 17.1. The number of hydrogen-bond acceptors (Lipinski definition) is 3. The quantitative estimate of drug-likeness (QED) is 0.840. The lowest BCUT2D eigenvalue weighted by atomic mass is 10.0. The zero-order valence-electron chi connectivity index (χ0n) is 14.1. The lowest BCUT2D eigenvalue weighted by molar-refractivity contribution is -0.122. The average molecular weight is 326 g/mol. The van der Waals surface area contributed by atoms with Gasteiger partial charge in [0.15, 0.2) is 5.78 Å². The molecule has 5 heteroatoms. The van der Waals surface area contributed by atoms with Crippen LogP contribution < -0.4 is 0 Å². The second-order valence-electron chi connectivity index (χ2n) is 6.49. The molecule has 0 N–H and O–H groups in total. The molecule has 0 saturated carbocycles. The van der Waals surface area contributed by atoms with E-state index < -0.39 is 17.7 Å². The molecule has 0 radical (unpaired) electrons. The largest absolute Gasteiger partial charge is 0.444 e. The summed E-state index contributed by atoms with van der Waals surface area (Å²) in [6, 6.07) is 4.95. The third-order valence-corrected chi connectivity index (χ3v) is 3.75. The standard InChI is InChI=1S/C17H24ClNO3/c1-11-9-13(7-8-14(11)18)10-15(20)12(2)19(6)16(21)22-17(3,4)5/h7-9,12H,10H2,1-6H3/t12-/m0/s1. The number of carbonyl (C=O) groups is 2. The van der Waals surface area contributed by atoms with Crippen LogP contribution in [0, 0.1) is 6.92 Å². The predicted octanol–water partition coefficient (Wildman–Crippen LogP) is 4.02. The topological polar surface area (TPSA) is 46.6 Å². The molecule has 0 aromatic heterocycles. The van der Waals surface area contributed by atoms with Crippen LogP contribution in [0.1, 0.15) is 38.8 Å². The zero-order valence-corrected chi connectivity index (χ0v) is 14.8. The number of amides is 1. The molecular formula is C17H24ClNO3. The van der Waals surface area contributed by atoms with Gasteiger partial charge in [-0.15, -0.1) is 0 Å². The summed E-state index contributed by atoms with van der Waals surface area (Å²) in [5.74, 6) is -0.0462. The molecule has 1 aromatic rings. The predicted molar refractivity (Wildman–Crippen MR) is 88.4 cm³/mol. The minimum Gasteiger partial charge on any atom is -0.444 e. The first-order chi connectivity index (χ1) is 10.0. The van der Waals surface area contributed by atoms with Gasteiger partial charge in [-0.05, 0) is 51.8 Å². The molecule has 0 aliphatic rings. The van der Waals surface area contributed by atoms with Gasteiger partial charge >= 0.3 is 6.09 Å². The van der Waals surface area contributed by atoms with Crippen LogP contribution >= 0.6 is 11.6 Å². The van der Waals surface area contributed by atoms with Gasteiger partial charge < -0.3 is 9.64 Å². The van der Waals surface area contributed by atoms with Crippen LogP contribution in [0.2, 0.25) is 5.02 Å². The van der Waals surface area contributed by atoms with Gasteiger partial charge in [-0.1, -0.05) is 23.7 Å². The fraction of sp³-hybridized carbons (Fsp3) is 0.529. The van der Waals surface area contributed by atoms with Gasteiger partial charge in [0.2, 0.25) is 0 Å². The number of aryl methyl sites for hydroxylation is 1. The molecule has 0 spiro atoms. The van der Waals surface area contributed by atoms with Crippen LogP contribution in [0.5, 0.6) is 0 Å². The van der Waals surface area contributed by atoms with E-state index in [1.54, 1.807) is 40.8 Å². The summed E-state index contributed by atoms with van der Waals surface area (Å²) in [6.07, 6.45) is -0.243. The summed E-state index contributed by atoms with van der Waals surface area (Å²) in [5, 5.41) is 0.676. The number of hydrogen-bond donors (Lipinski definition) is 0. The fourth-order valence-corrected chi connectivity index (χ4v) is 1.99. The third kappa shape index (κ3) is 5.34. The average Bonchev–Trinajstić information content (AvgIpc) is 2.39. The number of halogens is 1. The van der Waals surface area contributed by atoms with E-state index >= 15 is 0 Å². The van der Waals surface area contributed by atoms with Gasteiger partial charge in [-0.3, -0.25) is 4.79 Å². The minimum atomic E-state index is -0.582. The Bertz CT molecular complexity index is 564. The number of Topliss-reactive ketones (excluding diaryl/α,β-unsaturated/α-hetero) is 1. The highest BCUT2D eigenvalue weighted by molar-refractivity contribution is 6.31. The summed E-state index contributed by atoms with van der Waals surface area (Å²) in [7, 11) is 1.57. The lowest BCUT2D eigenvalue weighted by Crippen LogP contribution is -2.43. The van der Waals surface area contributed by atoms with Gasteiger partial charge in [0.05, 0.1) is 6.04 Å². The van der Waals surface area contributed by atoms with Crippen LogP contribution in [-0.2, 0) is 16.0 Å². The van der Waals surface area contributed by atoms with E-state index in [1.807, 2.05) is 19.1 Å². The Hall–Kier alpha value is -1.55. The van der Waals surface area contributed by atoms with Gasteiger partial charge in [0.1, 0.15) is 5.60 Å². The molecule has 22 heavy (non-hydrogen) atoms. The summed E-state index contributed by atoms with van der Waals surface area (Å²) in [5.41, 5.74) is 1.23. The minimum absolute atomic E-state index is 0.0462. The molecule has 0 heterocycles. The van der Waals surface area contributed by atoms with E-state index in [1.165, 1.54) is 4.90 Å². The molecule has 0 bridgehead atoms. The third-order valence-electron chi connectivity index (χ3n) is 3.33. The summed E-state index contributed by atoms with van der Waals surface area (Å²) < 4.78 is 5.27. The maximum absolute atomic E-state index is 12.3. The summed E-state index contributed by atoms with van der Waals surface area (Å²) >= 11 is 5.98. The lowest BCUT2D eigenvalue weighted by Gasteiger charge is -2.28. The Kier molecular flexibility index (Phi) is 6.00. The second kappa shape index (κ2) is 7.14. The molecular weight excluding hydrogens is 302 g/mol. The van der Waals surface area contributed by atoms with Crippen molar-refractivity contribution in [3.05, 3.63) is 34.3 Å². The number of benzene rings is 1. The van der Waals surface area contributed by atoms with Crippen molar-refractivity contribution in [2.45, 2.75) is 52.7 Å². The molecule has 0 aliphatic heterocycles. The van der Waals surface area contributed by atoms with Crippen LogP contribution in [0.25, 0.3) is 0 Å². The first-order valence-corrected chi connectivity index (χ1v) is 7.62. The van der Waals surface area contributed by atoms with Gasteiger partial charge in [0.25, 0.3) is 0 Å². The summed E-state index contributed by atoms with van der Waals surface area (Å²) in [4.78, 5) is 25.7. The van der Waals surface area contributed by atoms with Crippen molar-refractivity contribution in [1.29, 1.82) is 0 Å². The first-order valence-electron chi connectivity index (χ1n) is 7.25. The smallest absolute Gasteiger partial charge is 0.410 e. The van der Waals surface area contributed by atoms with Crippen LogP contribution in [0.15, 0.2) is 18.2 Å². The molecule has 0 unspecified atom stereocenters. The van der Waals surface area contributed by atoms with Crippen molar-refractivity contribution in [2.75, 3.05) is 7.05 Å². The van der Waals surface area contributed by atoms with E-state index in [0.717, 1.165) is 11.1 Å². The van der Waals surface area contributed by atoms with Crippen molar-refractivity contribution in [2.24, 2.45) is 0 Å². The highest BCUT2D eigenvalue weighted by Gasteiger charge is 2.26. The van der Waals surface area contributed by atoms with Gasteiger partial charge in [0, 0.05) is 18.5 Å². The van der Waals surface area contributed by atoms with E-state index in [-0.39, 0.29) is 12.2 Å². The number of ether oxygens (including phenoxy) is 1. The normalized spacial score (nSPS) is 12.7. The number of nitrogens with zero attached hydrogens (tertiary/aromatic N) is 1. The SMILES string of the molecule is Cc1cc(CC(=O)[C@H](C)N(C)C(=O)OC(C)(C)C)ccc1Cl. The van der Waals surface area contributed by atoms with E-state index in [4.69, 9.17) is 16.3 Å². The number of likely N-dealkylation sites (N-methyl/N-ethyl adjacent to an activating group) is 1. The van der Waals surface area contributed by atoms with Gasteiger partial charge in [-0.2, -0.15) is 0 Å². The molecule has 4 nitrogen and oxygen atoms in total. The van der Waals surface area contributed by atoms with E-state index in [2.05, 4.69) is 0 Å². The van der Waals surface area contributed by atoms with Crippen LogP contribution in [0.3, 0.4) is 0 Å². The maximum Gasteiger partial charge on any atom is 0.410 e. The molecule has 0 saturated heterocycles. The van der Waals surface area contributed by atoms with Crippen molar-refractivity contribution in [3.8, 4) is 0 Å². The summed E-state index contributed by atoms with van der Waals surface area (Å²) in [6.45, 7) is 8.98. The molecule has 0 aliphatic carbocycles. The first kappa shape index (κ1) is 18.5. The Balaban J connectivity index is 2.71. The van der Waals surface area contributed by atoms with Crippen LogP contribution in [-0.4, -0.2) is 35.5 Å². The van der Waals surface area contributed by atoms with Crippen molar-refractivity contribution in [3.63, 3.8) is 0 Å². The Morgan fingerprint density at radius 1 is 1.32 bits per heavy atom. The van der Waals surface area contributed by atoms with Crippen molar-refractivity contribution >= 4 is 23.5 Å². The number of ketones is 1. The highest BCUT2D eigenvalue weighted by atomic mass is 35.5. The Morgan fingerprint density at radius 3 is 2.41 bits per heavy atom. The molecule has 1 rings (SSSR count). The van der Waals surface area contributed by atoms with Crippen molar-refractivity contribution < 1.29 is 14.3 Å². The Labute approximate surface area is 137 Å². The van der Waals surface area contributed by atoms with E-state index in [0.29, 0.717) is 5.02 Å². The van der Waals surface area contributed by atoms with Crippen molar-refractivity contribution in [1.82, 2.24) is 4.90 Å². The van der Waals surface area contributed by atoms with Crippen LogP contribution in [0.4, 0.5) is 4.79 Å². The monoisotopic (exact) mass is 325 g/mol. The van der Waals surface area contributed by atoms with E-state index in [9.17, 15) is 9.59 Å². The fourth-order valence-electron chi connectivity index (χ4n) is 1.87. The molecule has 1 atom stereocenters. The molecule has 1 aromatic carbocycles. The highest BCUT2D eigenvalue weighted by Crippen LogP contribution is 2.18. The molecule has 1 amide bonds.